The van der Waals surface area contributed by atoms with Gasteiger partial charge in [-0.3, -0.25) is 4.57 Å². The number of nitrogens with one attached hydrogen (secondary N) is 1. The van der Waals surface area contributed by atoms with Gasteiger partial charge in [-0.2, -0.15) is 0 Å². The van der Waals surface area contributed by atoms with Crippen LogP contribution in [0, 0.1) is 13.8 Å². The third kappa shape index (κ3) is 1.44. The van der Waals surface area contributed by atoms with Crippen LogP contribution in [0.1, 0.15) is 11.4 Å². The summed E-state index contributed by atoms with van der Waals surface area (Å²) in [5.41, 5.74) is 8.75. The van der Waals surface area contributed by atoms with E-state index in [0.29, 0.717) is 5.69 Å². The van der Waals surface area contributed by atoms with E-state index in [1.807, 2.05) is 32.0 Å². The summed E-state index contributed by atoms with van der Waals surface area (Å²) in [6.45, 7) is 3.76. The highest BCUT2D eigenvalue weighted by Gasteiger charge is 2.10. The lowest BCUT2D eigenvalue weighted by Crippen LogP contribution is -2.17. The van der Waals surface area contributed by atoms with Gasteiger partial charge in [0.15, 0.2) is 0 Å². The molecule has 0 radical (unpaired) electrons. The number of hydrogen-bond acceptors (Lipinski definition) is 2. The fourth-order valence-electron chi connectivity index (χ4n) is 1.61. The molecule has 0 aliphatic rings. The standard InChI is InChI=1S/C11H13N3O/c1-7-8(2)14(11(15)13-7)10-6-4-3-5-9(10)12/h3-6H,12H2,1-2H3,(H,13,15). The van der Waals surface area contributed by atoms with Crippen LogP contribution in [0.25, 0.3) is 5.69 Å². The van der Waals surface area contributed by atoms with Gasteiger partial charge in [-0.15, -0.1) is 0 Å². The van der Waals surface area contributed by atoms with Gasteiger partial charge in [-0.25, -0.2) is 4.79 Å². The number of imidazole rings is 1. The summed E-state index contributed by atoms with van der Waals surface area (Å²) in [4.78, 5) is 14.4. The van der Waals surface area contributed by atoms with Gasteiger partial charge >= 0.3 is 5.69 Å². The van der Waals surface area contributed by atoms with Crippen LogP contribution in [0.3, 0.4) is 0 Å². The second kappa shape index (κ2) is 3.31. The van der Waals surface area contributed by atoms with E-state index in [-0.39, 0.29) is 5.69 Å². The molecule has 0 saturated heterocycles. The number of rotatable bonds is 1. The number of aromatic nitrogens is 2. The Morgan fingerprint density at radius 2 is 1.93 bits per heavy atom. The smallest absolute Gasteiger partial charge is 0.330 e. The first-order valence-corrected chi connectivity index (χ1v) is 4.74. The number of hydrogen-bond donors (Lipinski definition) is 2. The van der Waals surface area contributed by atoms with Crippen LogP contribution in [0.5, 0.6) is 0 Å². The highest BCUT2D eigenvalue weighted by atomic mass is 16.1. The van der Waals surface area contributed by atoms with Gasteiger partial charge in [-0.05, 0) is 26.0 Å². The first-order valence-electron chi connectivity index (χ1n) is 4.74. The Balaban J connectivity index is 2.75. The summed E-state index contributed by atoms with van der Waals surface area (Å²) in [5.74, 6) is 0. The van der Waals surface area contributed by atoms with E-state index in [9.17, 15) is 4.79 Å². The van der Waals surface area contributed by atoms with Gasteiger partial charge in [0.1, 0.15) is 0 Å². The Morgan fingerprint density at radius 1 is 1.27 bits per heavy atom. The second-order valence-corrected chi connectivity index (χ2v) is 3.53. The molecule has 1 aromatic heterocycles. The molecule has 78 valence electrons. The van der Waals surface area contributed by atoms with Crippen molar-refractivity contribution in [1.82, 2.24) is 9.55 Å². The summed E-state index contributed by atoms with van der Waals surface area (Å²) in [6, 6.07) is 7.32. The first kappa shape index (κ1) is 9.58. The van der Waals surface area contributed by atoms with E-state index in [0.717, 1.165) is 17.1 Å². The van der Waals surface area contributed by atoms with E-state index in [4.69, 9.17) is 5.73 Å². The summed E-state index contributed by atoms with van der Waals surface area (Å²) >= 11 is 0. The fraction of sp³-hybridized carbons (Fsp3) is 0.182. The number of benzene rings is 1. The lowest BCUT2D eigenvalue weighted by atomic mass is 10.2. The highest BCUT2D eigenvalue weighted by Crippen LogP contribution is 2.17. The largest absolute Gasteiger partial charge is 0.397 e. The molecule has 2 aromatic rings. The zero-order valence-electron chi connectivity index (χ0n) is 8.74. The predicted octanol–water partition coefficient (Wildman–Crippen LogP) is 1.36. The molecule has 3 N–H and O–H groups in total. The zero-order chi connectivity index (χ0) is 11.0. The van der Waals surface area contributed by atoms with Crippen LogP contribution in [-0.2, 0) is 0 Å². The molecule has 0 aliphatic heterocycles. The minimum atomic E-state index is -0.150. The molecule has 15 heavy (non-hydrogen) atoms. The Labute approximate surface area is 87.4 Å². The molecule has 0 amide bonds. The fourth-order valence-corrected chi connectivity index (χ4v) is 1.61. The van der Waals surface area contributed by atoms with Crippen molar-refractivity contribution in [3.05, 3.63) is 46.1 Å². The van der Waals surface area contributed by atoms with Gasteiger partial charge < -0.3 is 10.7 Å². The van der Waals surface area contributed by atoms with Crippen molar-refractivity contribution in [3.63, 3.8) is 0 Å². The van der Waals surface area contributed by atoms with E-state index in [1.54, 1.807) is 10.6 Å². The number of nitrogens with two attached hydrogens (primary N) is 1. The van der Waals surface area contributed by atoms with Crippen LogP contribution in [0.15, 0.2) is 29.1 Å². The first-order chi connectivity index (χ1) is 7.11. The minimum Gasteiger partial charge on any atom is -0.397 e. The number of anilines is 1. The maximum absolute atomic E-state index is 11.7. The number of aromatic amines is 1. The minimum absolute atomic E-state index is 0.150. The number of aryl methyl sites for hydroxylation is 1. The lowest BCUT2D eigenvalue weighted by molar-refractivity contribution is 0.951. The molecule has 1 heterocycles. The predicted molar refractivity (Wildman–Crippen MR) is 60.3 cm³/mol. The van der Waals surface area contributed by atoms with Gasteiger partial charge in [-0.1, -0.05) is 12.1 Å². The zero-order valence-corrected chi connectivity index (χ0v) is 8.74. The quantitative estimate of drug-likeness (QED) is 0.687. The SMILES string of the molecule is Cc1[nH]c(=O)n(-c2ccccc2N)c1C. The van der Waals surface area contributed by atoms with Crippen LogP contribution in [0.2, 0.25) is 0 Å². The molecule has 0 fully saturated rings. The molecule has 0 unspecified atom stereocenters. The maximum Gasteiger partial charge on any atom is 0.330 e. The molecule has 1 aromatic carbocycles. The Morgan fingerprint density at radius 3 is 2.47 bits per heavy atom. The van der Waals surface area contributed by atoms with Crippen molar-refractivity contribution >= 4 is 5.69 Å². The molecular formula is C11H13N3O. The molecule has 0 aliphatic carbocycles. The monoisotopic (exact) mass is 203 g/mol. The van der Waals surface area contributed by atoms with Gasteiger partial charge in [0.05, 0.1) is 11.4 Å². The molecular weight excluding hydrogens is 190 g/mol. The van der Waals surface area contributed by atoms with E-state index in [1.165, 1.54) is 0 Å². The molecule has 0 atom stereocenters. The normalized spacial score (nSPS) is 10.5. The second-order valence-electron chi connectivity index (χ2n) is 3.53. The summed E-state index contributed by atoms with van der Waals surface area (Å²) in [6.07, 6.45) is 0. The van der Waals surface area contributed by atoms with Gasteiger partial charge in [0.2, 0.25) is 0 Å². The van der Waals surface area contributed by atoms with Crippen molar-refractivity contribution in [2.75, 3.05) is 5.73 Å². The summed E-state index contributed by atoms with van der Waals surface area (Å²) in [5, 5.41) is 0. The number of H-pyrrole nitrogens is 1. The van der Waals surface area contributed by atoms with Crippen LogP contribution in [-0.4, -0.2) is 9.55 Å². The van der Waals surface area contributed by atoms with Crippen molar-refractivity contribution in [1.29, 1.82) is 0 Å². The lowest BCUT2D eigenvalue weighted by Gasteiger charge is -2.07. The topological polar surface area (TPSA) is 63.8 Å². The van der Waals surface area contributed by atoms with Gasteiger partial charge in [0, 0.05) is 11.4 Å². The van der Waals surface area contributed by atoms with Crippen molar-refractivity contribution in [3.8, 4) is 5.69 Å². The summed E-state index contributed by atoms with van der Waals surface area (Å²) < 4.78 is 1.59. The molecule has 0 saturated carbocycles. The molecule has 2 rings (SSSR count). The average Bonchev–Trinajstić information content (AvgIpc) is 2.43. The third-order valence-electron chi connectivity index (χ3n) is 2.55. The average molecular weight is 203 g/mol. The Kier molecular flexibility index (Phi) is 2.11. The van der Waals surface area contributed by atoms with Crippen LogP contribution in [0.4, 0.5) is 5.69 Å². The van der Waals surface area contributed by atoms with E-state index in [2.05, 4.69) is 4.98 Å². The Bertz CT molecular complexity index is 551. The van der Waals surface area contributed by atoms with E-state index < -0.39 is 0 Å². The number of nitrogens with zero attached hydrogens (tertiary/aromatic N) is 1. The highest BCUT2D eigenvalue weighted by molar-refractivity contribution is 5.58. The van der Waals surface area contributed by atoms with Crippen LogP contribution >= 0.6 is 0 Å². The van der Waals surface area contributed by atoms with Crippen LogP contribution < -0.4 is 11.4 Å². The molecule has 0 bridgehead atoms. The maximum atomic E-state index is 11.7. The number of para-hydroxylation sites is 2. The molecule has 4 nitrogen and oxygen atoms in total. The summed E-state index contributed by atoms with van der Waals surface area (Å²) in [7, 11) is 0. The Hall–Kier alpha value is -1.97. The number of nitrogen functional groups attached to an aromatic ring is 1. The van der Waals surface area contributed by atoms with Gasteiger partial charge in [0.25, 0.3) is 0 Å². The van der Waals surface area contributed by atoms with Crippen molar-refractivity contribution < 1.29 is 0 Å². The van der Waals surface area contributed by atoms with Crippen molar-refractivity contribution in [2.24, 2.45) is 0 Å². The van der Waals surface area contributed by atoms with E-state index >= 15 is 0 Å². The molecule has 0 spiro atoms. The molecule has 4 heteroatoms. The van der Waals surface area contributed by atoms with Crippen molar-refractivity contribution in [2.45, 2.75) is 13.8 Å². The third-order valence-corrected chi connectivity index (χ3v) is 2.55.